The van der Waals surface area contributed by atoms with Crippen LogP contribution in [0.15, 0.2) is 42.6 Å². The third kappa shape index (κ3) is 2.26. The van der Waals surface area contributed by atoms with Gasteiger partial charge >= 0.3 is 0 Å². The first-order valence-corrected chi connectivity index (χ1v) is 5.19. The second kappa shape index (κ2) is 4.59. The average Bonchev–Trinajstić information content (AvgIpc) is 2.33. The van der Waals surface area contributed by atoms with Crippen molar-refractivity contribution in [2.45, 2.75) is 13.3 Å². The highest BCUT2D eigenvalue weighted by Gasteiger charge is 2.02. The van der Waals surface area contributed by atoms with Gasteiger partial charge in [0.1, 0.15) is 0 Å². The van der Waals surface area contributed by atoms with Crippen LogP contribution in [-0.4, -0.2) is 4.98 Å². The molecule has 0 aliphatic carbocycles. The van der Waals surface area contributed by atoms with E-state index in [1.165, 1.54) is 0 Å². The second-order valence-corrected chi connectivity index (χ2v) is 3.75. The summed E-state index contributed by atoms with van der Waals surface area (Å²) in [4.78, 5) is 4.25. The molecule has 1 aromatic heterocycles. The molecular formula is C14H12N2. The quantitative estimate of drug-likeness (QED) is 0.760. The first-order valence-electron chi connectivity index (χ1n) is 5.19. The molecular weight excluding hydrogens is 196 g/mol. The fourth-order valence-electron chi connectivity index (χ4n) is 1.61. The molecule has 1 aromatic carbocycles. The fraction of sp³-hybridized carbons (Fsp3) is 0.143. The number of hydrogen-bond donors (Lipinski definition) is 0. The minimum absolute atomic E-state index is 0.739. The second-order valence-electron chi connectivity index (χ2n) is 3.75. The largest absolute Gasteiger partial charge is 0.261 e. The maximum absolute atomic E-state index is 8.97. The molecule has 2 rings (SSSR count). The van der Waals surface area contributed by atoms with Crippen molar-refractivity contribution in [2.24, 2.45) is 0 Å². The maximum atomic E-state index is 8.97. The number of pyridine rings is 1. The number of aromatic nitrogens is 1. The van der Waals surface area contributed by atoms with Crippen LogP contribution in [-0.2, 0) is 6.42 Å². The summed E-state index contributed by atoms with van der Waals surface area (Å²) < 4.78 is 0. The summed E-state index contributed by atoms with van der Waals surface area (Å²) in [6.45, 7) is 1.97. The molecule has 0 bridgehead atoms. The van der Waals surface area contributed by atoms with Crippen molar-refractivity contribution in [3.05, 3.63) is 65.0 Å². The molecule has 0 aliphatic rings. The lowest BCUT2D eigenvalue weighted by atomic mass is 10.0. The first kappa shape index (κ1) is 10.4. The van der Waals surface area contributed by atoms with Gasteiger partial charge in [-0.2, -0.15) is 5.26 Å². The number of rotatable bonds is 2. The minimum atomic E-state index is 0.739. The van der Waals surface area contributed by atoms with Gasteiger partial charge in [0.15, 0.2) is 0 Å². The van der Waals surface area contributed by atoms with Gasteiger partial charge < -0.3 is 0 Å². The highest BCUT2D eigenvalue weighted by Crippen LogP contribution is 2.13. The van der Waals surface area contributed by atoms with Gasteiger partial charge in [-0.15, -0.1) is 0 Å². The van der Waals surface area contributed by atoms with Gasteiger partial charge in [-0.05, 0) is 30.2 Å². The minimum Gasteiger partial charge on any atom is -0.261 e. The third-order valence-electron chi connectivity index (χ3n) is 2.51. The van der Waals surface area contributed by atoms with E-state index in [2.05, 4.69) is 17.1 Å². The predicted octanol–water partition coefficient (Wildman–Crippen LogP) is 2.85. The Morgan fingerprint density at radius 1 is 1.19 bits per heavy atom. The van der Waals surface area contributed by atoms with Gasteiger partial charge in [-0.1, -0.05) is 24.3 Å². The Kier molecular flexibility index (Phi) is 2.98. The summed E-state index contributed by atoms with van der Waals surface area (Å²) in [5, 5.41) is 8.97. The Morgan fingerprint density at radius 3 is 2.69 bits per heavy atom. The molecule has 0 saturated carbocycles. The lowest BCUT2D eigenvalue weighted by Crippen LogP contribution is -1.93. The summed E-state index contributed by atoms with van der Waals surface area (Å²) in [6.07, 6.45) is 2.63. The van der Waals surface area contributed by atoms with Crippen molar-refractivity contribution in [2.75, 3.05) is 0 Å². The molecule has 0 aliphatic heterocycles. The van der Waals surface area contributed by atoms with E-state index in [1.54, 1.807) is 0 Å². The highest BCUT2D eigenvalue weighted by molar-refractivity contribution is 5.40. The topological polar surface area (TPSA) is 36.7 Å². The number of nitriles is 1. The molecule has 2 nitrogen and oxygen atoms in total. The van der Waals surface area contributed by atoms with Crippen LogP contribution in [0.2, 0.25) is 0 Å². The smallest absolute Gasteiger partial charge is 0.0994 e. The summed E-state index contributed by atoms with van der Waals surface area (Å²) in [6, 6.07) is 13.9. The van der Waals surface area contributed by atoms with Crippen LogP contribution in [0.5, 0.6) is 0 Å². The van der Waals surface area contributed by atoms with Crippen LogP contribution in [0.1, 0.15) is 22.4 Å². The van der Waals surface area contributed by atoms with Crippen LogP contribution in [0.3, 0.4) is 0 Å². The Morgan fingerprint density at radius 2 is 2.00 bits per heavy atom. The van der Waals surface area contributed by atoms with Crippen molar-refractivity contribution in [3.8, 4) is 6.07 Å². The van der Waals surface area contributed by atoms with E-state index >= 15 is 0 Å². The summed E-state index contributed by atoms with van der Waals surface area (Å²) in [5.41, 5.74) is 3.93. The van der Waals surface area contributed by atoms with Gasteiger partial charge in [-0.25, -0.2) is 0 Å². The molecule has 0 radical (unpaired) electrons. The zero-order chi connectivity index (χ0) is 11.4. The molecule has 0 N–H and O–H groups in total. The Balaban J connectivity index is 2.27. The van der Waals surface area contributed by atoms with Gasteiger partial charge in [-0.3, -0.25) is 4.98 Å². The average molecular weight is 208 g/mol. The van der Waals surface area contributed by atoms with E-state index in [1.807, 2.05) is 43.5 Å². The summed E-state index contributed by atoms with van der Waals surface area (Å²) in [5.74, 6) is 0. The zero-order valence-electron chi connectivity index (χ0n) is 9.14. The lowest BCUT2D eigenvalue weighted by molar-refractivity contribution is 1.10. The van der Waals surface area contributed by atoms with Crippen molar-refractivity contribution < 1.29 is 0 Å². The number of aryl methyl sites for hydroxylation is 1. The first-order chi connectivity index (χ1) is 7.79. The Labute approximate surface area is 95.2 Å². The van der Waals surface area contributed by atoms with Crippen molar-refractivity contribution in [1.82, 2.24) is 4.98 Å². The Hall–Kier alpha value is -2.14. The van der Waals surface area contributed by atoms with Crippen LogP contribution in [0.25, 0.3) is 0 Å². The van der Waals surface area contributed by atoms with Gasteiger partial charge in [0, 0.05) is 18.3 Å². The monoisotopic (exact) mass is 208 g/mol. The van der Waals surface area contributed by atoms with E-state index in [0.29, 0.717) is 0 Å². The number of benzene rings is 1. The van der Waals surface area contributed by atoms with Gasteiger partial charge in [0.05, 0.1) is 11.6 Å². The molecule has 16 heavy (non-hydrogen) atoms. The third-order valence-corrected chi connectivity index (χ3v) is 2.51. The van der Waals surface area contributed by atoms with E-state index in [9.17, 15) is 0 Å². The van der Waals surface area contributed by atoms with Gasteiger partial charge in [0.25, 0.3) is 0 Å². The van der Waals surface area contributed by atoms with Gasteiger partial charge in [0.2, 0.25) is 0 Å². The maximum Gasteiger partial charge on any atom is 0.0994 e. The van der Waals surface area contributed by atoms with Crippen molar-refractivity contribution in [1.29, 1.82) is 5.26 Å². The zero-order valence-corrected chi connectivity index (χ0v) is 9.14. The van der Waals surface area contributed by atoms with Crippen LogP contribution >= 0.6 is 0 Å². The molecule has 1 heterocycles. The molecule has 78 valence electrons. The highest BCUT2D eigenvalue weighted by atomic mass is 14.7. The van der Waals surface area contributed by atoms with E-state index in [4.69, 9.17) is 5.26 Å². The number of nitrogens with zero attached hydrogens (tertiary/aromatic N) is 2. The van der Waals surface area contributed by atoms with E-state index in [0.717, 1.165) is 28.8 Å². The van der Waals surface area contributed by atoms with Crippen molar-refractivity contribution >= 4 is 0 Å². The van der Waals surface area contributed by atoms with Crippen LogP contribution in [0.4, 0.5) is 0 Å². The molecule has 0 spiro atoms. The van der Waals surface area contributed by atoms with E-state index < -0.39 is 0 Å². The molecule has 0 unspecified atom stereocenters. The lowest BCUT2D eigenvalue weighted by Gasteiger charge is -2.03. The molecule has 0 fully saturated rings. The number of hydrogen-bond acceptors (Lipinski definition) is 2. The molecule has 0 amide bonds. The SMILES string of the molecule is Cc1ccc(Cc2ccccc2C#N)cn1. The molecule has 0 atom stereocenters. The normalized spacial score (nSPS) is 9.75. The van der Waals surface area contributed by atoms with Crippen LogP contribution < -0.4 is 0 Å². The Bertz CT molecular complexity index is 521. The standard InChI is InChI=1S/C14H12N2/c1-11-6-7-12(10-16-11)8-13-4-2-3-5-14(13)9-15/h2-7,10H,8H2,1H3. The van der Waals surface area contributed by atoms with E-state index in [-0.39, 0.29) is 0 Å². The summed E-state index contributed by atoms with van der Waals surface area (Å²) in [7, 11) is 0. The molecule has 2 heteroatoms. The van der Waals surface area contributed by atoms with Crippen molar-refractivity contribution in [3.63, 3.8) is 0 Å². The molecule has 2 aromatic rings. The fourth-order valence-corrected chi connectivity index (χ4v) is 1.61. The predicted molar refractivity (Wildman–Crippen MR) is 62.9 cm³/mol. The molecule has 0 saturated heterocycles. The van der Waals surface area contributed by atoms with Crippen LogP contribution in [0, 0.1) is 18.3 Å². The summed E-state index contributed by atoms with van der Waals surface area (Å²) >= 11 is 0.